The fourth-order valence-electron chi connectivity index (χ4n) is 4.21. The van der Waals surface area contributed by atoms with Crippen LogP contribution in [0.3, 0.4) is 0 Å². The zero-order valence-electron chi connectivity index (χ0n) is 14.1. The minimum absolute atomic E-state index is 0.0124. The van der Waals surface area contributed by atoms with Crippen molar-refractivity contribution in [2.45, 2.75) is 45.1 Å². The molecule has 2 amide bonds. The molecule has 7 nitrogen and oxygen atoms in total. The third kappa shape index (κ3) is 3.06. The van der Waals surface area contributed by atoms with Gasteiger partial charge in [-0.25, -0.2) is 4.79 Å². The summed E-state index contributed by atoms with van der Waals surface area (Å²) in [5.74, 6) is 1.34. The first-order valence-corrected chi connectivity index (χ1v) is 8.59. The lowest BCUT2D eigenvalue weighted by molar-refractivity contribution is 0.181. The fraction of sp³-hybridized carbons (Fsp3) is 0.812. The number of carbonyl (C=O) groups is 1. The lowest BCUT2D eigenvalue weighted by atomic mass is 9.76. The van der Waals surface area contributed by atoms with Gasteiger partial charge in [-0.1, -0.05) is 12.8 Å². The van der Waals surface area contributed by atoms with E-state index in [1.54, 1.807) is 13.4 Å². The van der Waals surface area contributed by atoms with Gasteiger partial charge in [0.15, 0.2) is 0 Å². The lowest BCUT2D eigenvalue weighted by Crippen LogP contribution is -2.40. The number of nitrogens with one attached hydrogen (secondary N) is 1. The van der Waals surface area contributed by atoms with Crippen LogP contribution in [0.25, 0.3) is 0 Å². The second-order valence-corrected chi connectivity index (χ2v) is 6.70. The van der Waals surface area contributed by atoms with Crippen molar-refractivity contribution in [3.63, 3.8) is 0 Å². The van der Waals surface area contributed by atoms with E-state index in [2.05, 4.69) is 27.0 Å². The highest BCUT2D eigenvalue weighted by Gasteiger charge is 2.51. The van der Waals surface area contributed by atoms with Gasteiger partial charge in [0.05, 0.1) is 6.61 Å². The van der Waals surface area contributed by atoms with Crippen molar-refractivity contribution in [3.8, 4) is 0 Å². The number of aromatic nitrogens is 3. The number of likely N-dealkylation sites (tertiary alicyclic amines) is 1. The molecule has 23 heavy (non-hydrogen) atoms. The van der Waals surface area contributed by atoms with Crippen LogP contribution in [-0.4, -0.2) is 59.0 Å². The molecule has 2 aliphatic rings. The quantitative estimate of drug-likeness (QED) is 0.836. The number of ether oxygens (including phenoxy) is 1. The average Bonchev–Trinajstić information content (AvgIpc) is 3.28. The molecule has 1 unspecified atom stereocenters. The number of amides is 2. The van der Waals surface area contributed by atoms with Gasteiger partial charge in [0.2, 0.25) is 0 Å². The van der Waals surface area contributed by atoms with Crippen LogP contribution in [-0.2, 0) is 11.3 Å². The van der Waals surface area contributed by atoms with Crippen molar-refractivity contribution < 1.29 is 9.53 Å². The minimum Gasteiger partial charge on any atom is -0.383 e. The van der Waals surface area contributed by atoms with E-state index in [9.17, 15) is 4.79 Å². The van der Waals surface area contributed by atoms with E-state index in [0.29, 0.717) is 19.1 Å². The van der Waals surface area contributed by atoms with Gasteiger partial charge in [0.1, 0.15) is 12.2 Å². The summed E-state index contributed by atoms with van der Waals surface area (Å²) in [5, 5.41) is 11.4. The molecule has 1 spiro atoms. The van der Waals surface area contributed by atoms with E-state index in [4.69, 9.17) is 4.74 Å². The van der Waals surface area contributed by atoms with E-state index in [1.807, 2.05) is 4.90 Å². The van der Waals surface area contributed by atoms with Crippen molar-refractivity contribution in [1.82, 2.24) is 25.0 Å². The smallest absolute Gasteiger partial charge is 0.317 e. The Morgan fingerprint density at radius 2 is 2.26 bits per heavy atom. The van der Waals surface area contributed by atoms with Gasteiger partial charge < -0.3 is 19.5 Å². The molecular formula is C16H27N5O2. The highest BCUT2D eigenvalue weighted by atomic mass is 16.5. The Labute approximate surface area is 137 Å². The molecule has 1 saturated heterocycles. The van der Waals surface area contributed by atoms with Gasteiger partial charge in [-0.05, 0) is 25.2 Å². The highest BCUT2D eigenvalue weighted by Crippen LogP contribution is 2.52. The van der Waals surface area contributed by atoms with Gasteiger partial charge in [-0.15, -0.1) is 10.2 Å². The normalized spacial score (nSPS) is 22.9. The molecule has 7 heteroatoms. The Morgan fingerprint density at radius 3 is 2.96 bits per heavy atom. The van der Waals surface area contributed by atoms with Crippen LogP contribution in [0.1, 0.15) is 44.3 Å². The molecule has 1 aromatic rings. The Bertz CT molecular complexity index is 538. The first kappa shape index (κ1) is 16.2. The van der Waals surface area contributed by atoms with Gasteiger partial charge in [0.25, 0.3) is 0 Å². The van der Waals surface area contributed by atoms with E-state index >= 15 is 0 Å². The molecule has 1 aliphatic heterocycles. The van der Waals surface area contributed by atoms with E-state index in [-0.39, 0.29) is 11.4 Å². The molecule has 1 atom stereocenters. The molecule has 128 valence electrons. The molecular weight excluding hydrogens is 294 g/mol. The summed E-state index contributed by atoms with van der Waals surface area (Å²) in [6.07, 6.45) is 6.65. The number of carbonyl (C=O) groups excluding carboxylic acids is 1. The summed E-state index contributed by atoms with van der Waals surface area (Å²) in [6, 6.07) is 0.0124. The number of aryl methyl sites for hydroxylation is 1. The van der Waals surface area contributed by atoms with Crippen molar-refractivity contribution >= 4 is 6.03 Å². The maximum Gasteiger partial charge on any atom is 0.317 e. The average molecular weight is 321 g/mol. The predicted molar refractivity (Wildman–Crippen MR) is 86.2 cm³/mol. The Kier molecular flexibility index (Phi) is 4.84. The van der Waals surface area contributed by atoms with E-state index < -0.39 is 0 Å². The Morgan fingerprint density at radius 1 is 1.48 bits per heavy atom. The van der Waals surface area contributed by atoms with Crippen LogP contribution in [0.15, 0.2) is 6.33 Å². The van der Waals surface area contributed by atoms with Gasteiger partial charge in [-0.2, -0.15) is 0 Å². The number of hydrogen-bond acceptors (Lipinski definition) is 4. The molecule has 0 bridgehead atoms. The molecule has 1 saturated carbocycles. The van der Waals surface area contributed by atoms with Crippen molar-refractivity contribution in [3.05, 3.63) is 12.2 Å². The number of hydrogen-bond donors (Lipinski definition) is 1. The predicted octanol–water partition coefficient (Wildman–Crippen LogP) is 1.61. The zero-order chi connectivity index (χ0) is 16.3. The molecule has 1 N–H and O–H groups in total. The first-order chi connectivity index (χ1) is 11.2. The van der Waals surface area contributed by atoms with Crippen molar-refractivity contribution in [2.24, 2.45) is 5.41 Å². The van der Waals surface area contributed by atoms with Gasteiger partial charge in [-0.3, -0.25) is 0 Å². The Balaban J connectivity index is 1.77. The number of urea groups is 1. The molecule has 0 aromatic carbocycles. The van der Waals surface area contributed by atoms with Crippen LogP contribution in [0, 0.1) is 5.41 Å². The standard InChI is InChI=1S/C16H27N5O2/c1-3-20-12-18-19-14(20)13-10-21(15(22)17-8-9-23-2)11-16(13)6-4-5-7-16/h12-13H,3-11H2,1-2H3,(H,17,22). The van der Waals surface area contributed by atoms with Crippen LogP contribution in [0.2, 0.25) is 0 Å². The monoisotopic (exact) mass is 321 g/mol. The highest BCUT2D eigenvalue weighted by molar-refractivity contribution is 5.74. The van der Waals surface area contributed by atoms with Crippen LogP contribution >= 0.6 is 0 Å². The second kappa shape index (κ2) is 6.86. The van der Waals surface area contributed by atoms with Crippen molar-refractivity contribution in [1.29, 1.82) is 0 Å². The third-order valence-corrected chi connectivity index (χ3v) is 5.41. The zero-order valence-corrected chi connectivity index (χ0v) is 14.1. The number of rotatable bonds is 5. The van der Waals surface area contributed by atoms with Crippen molar-refractivity contribution in [2.75, 3.05) is 33.4 Å². The SMILES string of the molecule is CCn1cnnc1C1CN(C(=O)NCCOC)CC12CCCC2. The van der Waals surface area contributed by atoms with Crippen LogP contribution in [0.4, 0.5) is 4.79 Å². The summed E-state index contributed by atoms with van der Waals surface area (Å²) in [7, 11) is 1.64. The molecule has 0 radical (unpaired) electrons. The maximum atomic E-state index is 12.4. The largest absolute Gasteiger partial charge is 0.383 e. The second-order valence-electron chi connectivity index (χ2n) is 6.70. The Hall–Kier alpha value is -1.63. The maximum absolute atomic E-state index is 12.4. The molecule has 1 aliphatic carbocycles. The van der Waals surface area contributed by atoms with E-state index in [1.165, 1.54) is 25.7 Å². The lowest BCUT2D eigenvalue weighted by Gasteiger charge is -2.29. The summed E-state index contributed by atoms with van der Waals surface area (Å²) >= 11 is 0. The molecule has 1 aromatic heterocycles. The fourth-order valence-corrected chi connectivity index (χ4v) is 4.21. The summed E-state index contributed by atoms with van der Waals surface area (Å²) in [4.78, 5) is 14.4. The molecule has 2 heterocycles. The minimum atomic E-state index is 0.0124. The van der Waals surface area contributed by atoms with E-state index in [0.717, 1.165) is 25.5 Å². The van der Waals surface area contributed by atoms with Crippen LogP contribution in [0.5, 0.6) is 0 Å². The van der Waals surface area contributed by atoms with Gasteiger partial charge in [0, 0.05) is 39.2 Å². The molecule has 2 fully saturated rings. The number of methoxy groups -OCH3 is 1. The number of nitrogens with zero attached hydrogens (tertiary/aromatic N) is 4. The summed E-state index contributed by atoms with van der Waals surface area (Å²) < 4.78 is 7.13. The van der Waals surface area contributed by atoms with Gasteiger partial charge >= 0.3 is 6.03 Å². The molecule has 3 rings (SSSR count). The summed E-state index contributed by atoms with van der Waals surface area (Å²) in [6.45, 7) is 5.63. The third-order valence-electron chi connectivity index (χ3n) is 5.41. The summed E-state index contributed by atoms with van der Waals surface area (Å²) in [5.41, 5.74) is 0.179. The van der Waals surface area contributed by atoms with Crippen LogP contribution < -0.4 is 5.32 Å². The first-order valence-electron chi connectivity index (χ1n) is 8.59. The topological polar surface area (TPSA) is 72.3 Å².